The highest BCUT2D eigenvalue weighted by Gasteiger charge is 2.27. The Bertz CT molecular complexity index is 924. The van der Waals surface area contributed by atoms with Gasteiger partial charge in [0.1, 0.15) is 11.5 Å². The van der Waals surface area contributed by atoms with Crippen molar-refractivity contribution in [1.82, 2.24) is 15.4 Å². The average molecular weight is 444 g/mol. The van der Waals surface area contributed by atoms with Gasteiger partial charge in [-0.15, -0.1) is 0 Å². The number of carbonyl (C=O) groups excluding carboxylic acids is 2. The molecule has 174 valence electrons. The molecule has 0 radical (unpaired) electrons. The van der Waals surface area contributed by atoms with E-state index in [4.69, 9.17) is 14.0 Å². The second kappa shape index (κ2) is 11.0. The van der Waals surface area contributed by atoms with Crippen LogP contribution < -0.4 is 14.8 Å². The Hall–Kier alpha value is -3.03. The molecule has 0 unspecified atom stereocenters. The molecule has 0 saturated carbocycles. The summed E-state index contributed by atoms with van der Waals surface area (Å²) in [5, 5.41) is 6.95. The number of piperidine rings is 1. The maximum Gasteiger partial charge on any atom is 0.292 e. The first-order chi connectivity index (χ1) is 15.4. The van der Waals surface area contributed by atoms with Crippen LogP contribution >= 0.6 is 0 Å². The van der Waals surface area contributed by atoms with Gasteiger partial charge in [0.15, 0.2) is 0 Å². The molecule has 0 aliphatic carbocycles. The monoisotopic (exact) mass is 443 g/mol. The van der Waals surface area contributed by atoms with Gasteiger partial charge in [0.2, 0.25) is 11.7 Å². The van der Waals surface area contributed by atoms with E-state index in [2.05, 4.69) is 10.5 Å². The number of amides is 2. The smallest absolute Gasteiger partial charge is 0.292 e. The van der Waals surface area contributed by atoms with Gasteiger partial charge in [0, 0.05) is 43.8 Å². The molecule has 32 heavy (non-hydrogen) atoms. The molecule has 1 saturated heterocycles. The Morgan fingerprint density at radius 3 is 2.75 bits per heavy atom. The van der Waals surface area contributed by atoms with Crippen LogP contribution in [0, 0.1) is 5.92 Å². The van der Waals surface area contributed by atoms with E-state index in [0.717, 1.165) is 30.5 Å². The number of rotatable bonds is 9. The first-order valence-electron chi connectivity index (χ1n) is 11.1. The summed E-state index contributed by atoms with van der Waals surface area (Å²) in [7, 11) is 3.20. The first kappa shape index (κ1) is 23.6. The largest absolute Gasteiger partial charge is 0.497 e. The van der Waals surface area contributed by atoms with Crippen LogP contribution in [0.15, 0.2) is 28.8 Å². The van der Waals surface area contributed by atoms with E-state index in [1.165, 1.54) is 0 Å². The lowest BCUT2D eigenvalue weighted by molar-refractivity contribution is -0.121. The van der Waals surface area contributed by atoms with E-state index in [0.29, 0.717) is 49.2 Å². The average Bonchev–Trinajstić information content (AvgIpc) is 3.31. The molecule has 1 aromatic heterocycles. The van der Waals surface area contributed by atoms with Crippen molar-refractivity contribution >= 4 is 11.8 Å². The molecule has 2 heterocycles. The highest BCUT2D eigenvalue weighted by atomic mass is 16.5. The minimum atomic E-state index is -0.120. The quantitative estimate of drug-likeness (QED) is 0.634. The molecule has 1 aromatic carbocycles. The zero-order valence-corrected chi connectivity index (χ0v) is 19.3. The predicted molar refractivity (Wildman–Crippen MR) is 120 cm³/mol. The Kier molecular flexibility index (Phi) is 8.14. The van der Waals surface area contributed by atoms with Gasteiger partial charge < -0.3 is 24.2 Å². The number of hydrogen-bond donors (Lipinski definition) is 1. The normalized spacial score (nSPS) is 16.2. The number of ether oxygens (including phenoxy) is 2. The van der Waals surface area contributed by atoms with Crippen molar-refractivity contribution in [2.45, 2.75) is 52.0 Å². The Morgan fingerprint density at radius 1 is 1.25 bits per heavy atom. The van der Waals surface area contributed by atoms with E-state index in [1.807, 2.05) is 30.9 Å². The topological polar surface area (TPSA) is 93.9 Å². The molecule has 0 spiro atoms. The van der Waals surface area contributed by atoms with Crippen molar-refractivity contribution in [3.8, 4) is 11.5 Å². The third-order valence-corrected chi connectivity index (χ3v) is 5.89. The third-order valence-electron chi connectivity index (χ3n) is 5.89. The second-order valence-corrected chi connectivity index (χ2v) is 8.52. The molecule has 8 nitrogen and oxygen atoms in total. The van der Waals surface area contributed by atoms with Crippen LogP contribution in [0.5, 0.6) is 11.5 Å². The lowest BCUT2D eigenvalue weighted by Crippen LogP contribution is -2.40. The summed E-state index contributed by atoms with van der Waals surface area (Å²) >= 11 is 0. The summed E-state index contributed by atoms with van der Waals surface area (Å²) in [6.45, 7) is 5.76. The highest BCUT2D eigenvalue weighted by molar-refractivity contribution is 5.91. The lowest BCUT2D eigenvalue weighted by atomic mass is 9.93. The van der Waals surface area contributed by atoms with Gasteiger partial charge in [-0.3, -0.25) is 9.59 Å². The molecule has 1 aliphatic rings. The maximum absolute atomic E-state index is 12.8. The number of likely N-dealkylation sites (tertiary alicyclic amines) is 1. The molecule has 1 N–H and O–H groups in total. The zero-order chi connectivity index (χ0) is 23.1. The van der Waals surface area contributed by atoms with E-state index < -0.39 is 0 Å². The number of nitrogens with one attached hydrogen (secondary N) is 1. The molecule has 2 amide bonds. The van der Waals surface area contributed by atoms with Crippen LogP contribution in [0.4, 0.5) is 0 Å². The lowest BCUT2D eigenvalue weighted by Gasteiger charge is -2.32. The van der Waals surface area contributed by atoms with Crippen molar-refractivity contribution in [3.05, 3.63) is 41.3 Å². The molecule has 3 rings (SSSR count). The Balaban J connectivity index is 1.47. The molecular formula is C24H33N3O5. The number of nitrogens with zero attached hydrogens (tertiary/aromatic N) is 2. The van der Waals surface area contributed by atoms with Gasteiger partial charge in [-0.25, -0.2) is 0 Å². The highest BCUT2D eigenvalue weighted by Crippen LogP contribution is 2.25. The summed E-state index contributed by atoms with van der Waals surface area (Å²) in [5.74, 6) is 2.05. The summed E-state index contributed by atoms with van der Waals surface area (Å²) in [5.41, 5.74) is 1.68. The molecule has 2 aromatic rings. The van der Waals surface area contributed by atoms with Gasteiger partial charge in [-0.2, -0.15) is 0 Å². The third kappa shape index (κ3) is 6.02. The Labute approximate surface area is 189 Å². The van der Waals surface area contributed by atoms with E-state index in [1.54, 1.807) is 26.4 Å². The number of benzene rings is 1. The first-order valence-corrected chi connectivity index (χ1v) is 11.1. The van der Waals surface area contributed by atoms with E-state index >= 15 is 0 Å². The second-order valence-electron chi connectivity index (χ2n) is 8.52. The predicted octanol–water partition coefficient (Wildman–Crippen LogP) is 3.76. The van der Waals surface area contributed by atoms with Gasteiger partial charge in [-0.1, -0.05) is 19.0 Å². The minimum absolute atomic E-state index is 0.0110. The van der Waals surface area contributed by atoms with Crippen molar-refractivity contribution in [2.24, 2.45) is 5.92 Å². The zero-order valence-electron chi connectivity index (χ0n) is 19.3. The summed E-state index contributed by atoms with van der Waals surface area (Å²) in [6, 6.07) is 7.26. The van der Waals surface area contributed by atoms with Crippen molar-refractivity contribution in [3.63, 3.8) is 0 Å². The van der Waals surface area contributed by atoms with Crippen LogP contribution in [0.1, 0.15) is 67.3 Å². The van der Waals surface area contributed by atoms with Crippen LogP contribution in [0.25, 0.3) is 0 Å². The molecule has 1 aliphatic heterocycles. The molecular weight excluding hydrogens is 410 g/mol. The van der Waals surface area contributed by atoms with Gasteiger partial charge in [-0.05, 0) is 43.2 Å². The number of hydrogen-bond acceptors (Lipinski definition) is 6. The van der Waals surface area contributed by atoms with Crippen molar-refractivity contribution in [1.29, 1.82) is 0 Å². The van der Waals surface area contributed by atoms with Crippen molar-refractivity contribution < 1.29 is 23.6 Å². The molecule has 0 bridgehead atoms. The van der Waals surface area contributed by atoms with Gasteiger partial charge in [0.25, 0.3) is 5.91 Å². The SMILES string of the molecule is COc1ccc(CNC(=O)CC[C@@H]2CCCN(C(=O)c3cc(C(C)C)no3)C2)c(OC)c1. The van der Waals surface area contributed by atoms with Crippen LogP contribution in [-0.4, -0.2) is 49.2 Å². The summed E-state index contributed by atoms with van der Waals surface area (Å²) in [6.07, 6.45) is 3.09. The fraction of sp³-hybridized carbons (Fsp3) is 0.542. The van der Waals surface area contributed by atoms with Gasteiger partial charge >= 0.3 is 0 Å². The number of methoxy groups -OCH3 is 2. The van der Waals surface area contributed by atoms with E-state index in [-0.39, 0.29) is 17.7 Å². The van der Waals surface area contributed by atoms with Crippen LogP contribution in [-0.2, 0) is 11.3 Å². The molecule has 8 heteroatoms. The standard InChI is InChI=1S/C24H33N3O5/c1-16(2)20-13-22(32-26-20)24(29)27-11-5-6-17(15-27)7-10-23(28)25-14-18-8-9-19(30-3)12-21(18)31-4/h8-9,12-13,16-17H,5-7,10-11,14-15H2,1-4H3,(H,25,28)/t17-/m0/s1. The summed E-state index contributed by atoms with van der Waals surface area (Å²) in [4.78, 5) is 27.0. The van der Waals surface area contributed by atoms with Crippen molar-refractivity contribution in [2.75, 3.05) is 27.3 Å². The minimum Gasteiger partial charge on any atom is -0.497 e. The van der Waals surface area contributed by atoms with Crippen LogP contribution in [0.3, 0.4) is 0 Å². The van der Waals surface area contributed by atoms with Gasteiger partial charge in [0.05, 0.1) is 19.9 Å². The number of carbonyl (C=O) groups is 2. The fourth-order valence-corrected chi connectivity index (χ4v) is 3.92. The van der Waals surface area contributed by atoms with E-state index in [9.17, 15) is 9.59 Å². The summed E-state index contributed by atoms with van der Waals surface area (Å²) < 4.78 is 15.8. The number of aromatic nitrogens is 1. The van der Waals surface area contributed by atoms with Crippen LogP contribution in [0.2, 0.25) is 0 Å². The fourth-order valence-electron chi connectivity index (χ4n) is 3.92. The molecule has 1 atom stereocenters. The Morgan fingerprint density at radius 2 is 2.06 bits per heavy atom. The maximum atomic E-state index is 12.8. The molecule has 1 fully saturated rings.